The minimum atomic E-state index is -2.19. The van der Waals surface area contributed by atoms with Crippen LogP contribution >= 0.6 is 6.04 Å². The predicted octanol–water partition coefficient (Wildman–Crippen LogP) is 3.14. The van der Waals surface area contributed by atoms with Crippen LogP contribution in [0.3, 0.4) is 0 Å². The lowest BCUT2D eigenvalue weighted by Crippen LogP contribution is -2.24. The summed E-state index contributed by atoms with van der Waals surface area (Å²) in [5.41, 5.74) is 0.274. The van der Waals surface area contributed by atoms with Crippen molar-refractivity contribution in [2.45, 2.75) is 0 Å². The van der Waals surface area contributed by atoms with Crippen molar-refractivity contribution in [1.82, 2.24) is 0 Å². The summed E-state index contributed by atoms with van der Waals surface area (Å²) in [5.74, 6) is -0.927. The molecule has 0 aliphatic heterocycles. The van der Waals surface area contributed by atoms with Gasteiger partial charge in [-0.2, -0.15) is 0 Å². The van der Waals surface area contributed by atoms with Crippen LogP contribution in [0.1, 0.15) is 10.4 Å². The third kappa shape index (κ3) is 2.98. The van der Waals surface area contributed by atoms with E-state index in [9.17, 15) is 4.79 Å². The van der Waals surface area contributed by atoms with Crippen molar-refractivity contribution >= 4 is 39.7 Å². The normalized spacial score (nSPS) is 11.1. The van der Waals surface area contributed by atoms with Gasteiger partial charge in [0.15, 0.2) is 0 Å². The molecule has 114 valence electrons. The Balaban J connectivity index is 2.21. The van der Waals surface area contributed by atoms with E-state index in [1.807, 2.05) is 48.5 Å². The number of benzene rings is 3. The molecule has 3 rings (SSSR count). The molecule has 1 N–H and O–H groups in total. The molecule has 3 aromatic rings. The van der Waals surface area contributed by atoms with Gasteiger partial charge in [-0.05, 0) is 28.0 Å². The zero-order valence-electron chi connectivity index (χ0n) is 12.3. The van der Waals surface area contributed by atoms with Crippen molar-refractivity contribution in [3.8, 4) is 0 Å². The summed E-state index contributed by atoms with van der Waals surface area (Å²) < 4.78 is 0. The Morgan fingerprint density at radius 1 is 0.696 bits per heavy atom. The van der Waals surface area contributed by atoms with Gasteiger partial charge in [0.25, 0.3) is 0 Å². The molecular weight excluding hydrogens is 323 g/mol. The highest BCUT2D eigenvalue weighted by Crippen LogP contribution is 2.42. The van der Waals surface area contributed by atoms with Crippen LogP contribution in [0.4, 0.5) is 0 Å². The van der Waals surface area contributed by atoms with Gasteiger partial charge in [0, 0.05) is 6.04 Å². The predicted molar refractivity (Wildman–Crippen MR) is 99.5 cm³/mol. The molecule has 23 heavy (non-hydrogen) atoms. The summed E-state index contributed by atoms with van der Waals surface area (Å²) >= 11 is 6.17. The summed E-state index contributed by atoms with van der Waals surface area (Å²) in [6.45, 7) is 0. The fraction of sp³-hybridized carbons (Fsp3) is 0. The van der Waals surface area contributed by atoms with Gasteiger partial charge in [0.1, 0.15) is 0 Å². The van der Waals surface area contributed by atoms with Gasteiger partial charge in [-0.15, -0.1) is 0 Å². The first-order valence-electron chi connectivity index (χ1n) is 7.17. The molecule has 0 aliphatic rings. The molecular formula is C19H15O2PS. The Morgan fingerprint density at radius 3 is 1.48 bits per heavy atom. The molecule has 0 unspecified atom stereocenters. The van der Waals surface area contributed by atoms with E-state index in [4.69, 9.17) is 16.9 Å². The maximum absolute atomic E-state index is 11.1. The zero-order chi connectivity index (χ0) is 16.3. The summed E-state index contributed by atoms with van der Waals surface area (Å²) in [7, 11) is 0. The number of carboxylic acid groups (broad SMARTS) is 1. The van der Waals surface area contributed by atoms with Crippen LogP contribution in [0.5, 0.6) is 0 Å². The second-order valence-electron chi connectivity index (χ2n) is 5.13. The average Bonchev–Trinajstić information content (AvgIpc) is 2.62. The molecule has 0 fully saturated rings. The van der Waals surface area contributed by atoms with Gasteiger partial charge in [-0.1, -0.05) is 84.6 Å². The minimum Gasteiger partial charge on any atom is -0.478 e. The number of carboxylic acids is 1. The van der Waals surface area contributed by atoms with E-state index in [0.29, 0.717) is 0 Å². The Labute approximate surface area is 140 Å². The number of hydrogen-bond acceptors (Lipinski definition) is 2. The zero-order valence-corrected chi connectivity index (χ0v) is 14.0. The van der Waals surface area contributed by atoms with E-state index in [0.717, 1.165) is 15.9 Å². The molecule has 0 aliphatic carbocycles. The van der Waals surface area contributed by atoms with Crippen LogP contribution in [-0.2, 0) is 11.8 Å². The largest absolute Gasteiger partial charge is 0.478 e. The topological polar surface area (TPSA) is 37.3 Å². The van der Waals surface area contributed by atoms with E-state index >= 15 is 0 Å². The standard InChI is InChI=1S/C19H15O2PS/c20-19(21)15-11-13-18(14-12-15)22(23,16-7-3-1-4-8-16)17-9-5-2-6-10-17/h1-14H,(H,20,21). The number of carbonyl (C=O) groups is 1. The monoisotopic (exact) mass is 338 g/mol. The highest BCUT2D eigenvalue weighted by Gasteiger charge is 2.24. The van der Waals surface area contributed by atoms with Crippen molar-refractivity contribution < 1.29 is 9.90 Å². The number of aromatic carboxylic acids is 1. The first-order chi connectivity index (χ1) is 11.1. The molecule has 0 saturated carbocycles. The summed E-state index contributed by atoms with van der Waals surface area (Å²) in [5, 5.41) is 12.3. The molecule has 4 heteroatoms. The molecule has 0 radical (unpaired) electrons. The first-order valence-corrected chi connectivity index (χ1v) is 9.98. The van der Waals surface area contributed by atoms with Crippen molar-refractivity contribution in [3.05, 3.63) is 90.5 Å². The third-order valence-corrected chi connectivity index (χ3v) is 8.69. The van der Waals surface area contributed by atoms with Crippen molar-refractivity contribution in [1.29, 1.82) is 0 Å². The molecule has 0 amide bonds. The van der Waals surface area contributed by atoms with Crippen LogP contribution in [0, 0.1) is 0 Å². The fourth-order valence-corrected chi connectivity index (χ4v) is 6.28. The second-order valence-corrected chi connectivity index (χ2v) is 9.54. The van der Waals surface area contributed by atoms with E-state index in [-0.39, 0.29) is 5.56 Å². The first kappa shape index (κ1) is 15.7. The Kier molecular flexibility index (Phi) is 4.42. The molecule has 0 saturated heterocycles. The van der Waals surface area contributed by atoms with Gasteiger partial charge in [0.2, 0.25) is 0 Å². The SMILES string of the molecule is O=C(O)c1ccc(P(=S)(c2ccccc2)c2ccccc2)cc1. The van der Waals surface area contributed by atoms with E-state index in [2.05, 4.69) is 24.3 Å². The minimum absolute atomic E-state index is 0.274. The quantitative estimate of drug-likeness (QED) is 0.743. The van der Waals surface area contributed by atoms with Gasteiger partial charge in [-0.25, -0.2) is 4.79 Å². The van der Waals surface area contributed by atoms with Crippen LogP contribution in [-0.4, -0.2) is 11.1 Å². The second kappa shape index (κ2) is 6.49. The third-order valence-electron chi connectivity index (χ3n) is 3.72. The average molecular weight is 338 g/mol. The van der Waals surface area contributed by atoms with Gasteiger partial charge in [-0.3, -0.25) is 0 Å². The maximum atomic E-state index is 11.1. The smallest absolute Gasteiger partial charge is 0.335 e. The molecule has 0 bridgehead atoms. The van der Waals surface area contributed by atoms with Crippen molar-refractivity contribution in [2.24, 2.45) is 0 Å². The van der Waals surface area contributed by atoms with Crippen LogP contribution < -0.4 is 15.9 Å². The van der Waals surface area contributed by atoms with E-state index < -0.39 is 12.0 Å². The number of hydrogen-bond donors (Lipinski definition) is 1. The number of rotatable bonds is 4. The molecule has 0 aromatic heterocycles. The van der Waals surface area contributed by atoms with Crippen LogP contribution in [0.15, 0.2) is 84.9 Å². The lowest BCUT2D eigenvalue weighted by atomic mass is 10.2. The molecule has 0 heterocycles. The van der Waals surface area contributed by atoms with E-state index in [1.54, 1.807) is 12.1 Å². The van der Waals surface area contributed by atoms with Gasteiger partial charge < -0.3 is 5.11 Å². The molecule has 3 aromatic carbocycles. The maximum Gasteiger partial charge on any atom is 0.335 e. The Morgan fingerprint density at radius 2 is 1.09 bits per heavy atom. The van der Waals surface area contributed by atoms with Crippen LogP contribution in [0.25, 0.3) is 0 Å². The Hall–Kier alpha value is -2.22. The summed E-state index contributed by atoms with van der Waals surface area (Å²) in [6.07, 6.45) is 0. The highest BCUT2D eigenvalue weighted by atomic mass is 32.4. The Bertz CT molecular complexity index is 815. The van der Waals surface area contributed by atoms with Crippen molar-refractivity contribution in [3.63, 3.8) is 0 Å². The summed E-state index contributed by atoms with van der Waals surface area (Å²) in [6, 6.07) is 24.9. The molecule has 0 spiro atoms. The lowest BCUT2D eigenvalue weighted by Gasteiger charge is -2.24. The summed E-state index contributed by atoms with van der Waals surface area (Å²) in [4.78, 5) is 11.1. The molecule has 0 atom stereocenters. The lowest BCUT2D eigenvalue weighted by molar-refractivity contribution is 0.0697. The van der Waals surface area contributed by atoms with Gasteiger partial charge >= 0.3 is 5.97 Å². The highest BCUT2D eigenvalue weighted by molar-refractivity contribution is 8.25. The van der Waals surface area contributed by atoms with Crippen LogP contribution in [0.2, 0.25) is 0 Å². The molecule has 2 nitrogen and oxygen atoms in total. The van der Waals surface area contributed by atoms with Crippen molar-refractivity contribution in [2.75, 3.05) is 0 Å². The fourth-order valence-electron chi connectivity index (χ4n) is 2.54. The van der Waals surface area contributed by atoms with Gasteiger partial charge in [0.05, 0.1) is 5.56 Å². The van der Waals surface area contributed by atoms with E-state index in [1.165, 1.54) is 0 Å².